The fourth-order valence-electron chi connectivity index (χ4n) is 1.27. The van der Waals surface area contributed by atoms with Crippen LogP contribution >= 0.6 is 0 Å². The maximum absolute atomic E-state index is 11.4. The number of rotatable bonds is 9. The van der Waals surface area contributed by atoms with Crippen LogP contribution < -0.4 is 4.74 Å². The Bertz CT molecular complexity index is 351. The van der Waals surface area contributed by atoms with Crippen LogP contribution in [0, 0.1) is 0 Å². The smallest absolute Gasteiger partial charge is 0.180 e. The van der Waals surface area contributed by atoms with E-state index in [1.165, 1.54) is 0 Å². The summed E-state index contributed by atoms with van der Waals surface area (Å²) >= 11 is 0. The summed E-state index contributed by atoms with van der Waals surface area (Å²) < 4.78 is 15.5. The summed E-state index contributed by atoms with van der Waals surface area (Å²) in [7, 11) is 1.63. The summed E-state index contributed by atoms with van der Waals surface area (Å²) in [5.41, 5.74) is 0.473. The molecule has 0 amide bonds. The van der Waals surface area contributed by atoms with Crippen molar-refractivity contribution >= 4 is 5.78 Å². The molecule has 0 unspecified atom stereocenters. The number of pyridine rings is 1. The molecule has 18 heavy (non-hydrogen) atoms. The Labute approximate surface area is 107 Å². The molecule has 0 atom stereocenters. The van der Waals surface area contributed by atoms with E-state index in [4.69, 9.17) is 14.2 Å². The fourth-order valence-corrected chi connectivity index (χ4v) is 1.27. The molecule has 1 aromatic rings. The van der Waals surface area contributed by atoms with E-state index in [2.05, 4.69) is 4.98 Å². The quantitative estimate of drug-likeness (QED) is 0.495. The molecule has 0 saturated carbocycles. The SMILES string of the molecule is CCC(=O)c1ccc(OCCOCCOC)cn1. The van der Waals surface area contributed by atoms with Crippen LogP contribution in [-0.4, -0.2) is 44.3 Å². The minimum Gasteiger partial charge on any atom is -0.490 e. The van der Waals surface area contributed by atoms with Gasteiger partial charge in [-0.1, -0.05) is 6.92 Å². The van der Waals surface area contributed by atoms with Gasteiger partial charge in [0.1, 0.15) is 18.1 Å². The van der Waals surface area contributed by atoms with Gasteiger partial charge in [0.2, 0.25) is 0 Å². The number of methoxy groups -OCH3 is 1. The lowest BCUT2D eigenvalue weighted by Gasteiger charge is -2.07. The Morgan fingerprint density at radius 3 is 2.61 bits per heavy atom. The largest absolute Gasteiger partial charge is 0.490 e. The van der Waals surface area contributed by atoms with Crippen molar-refractivity contribution in [1.82, 2.24) is 4.98 Å². The third-order valence-electron chi connectivity index (χ3n) is 2.27. The Morgan fingerprint density at radius 2 is 2.00 bits per heavy atom. The van der Waals surface area contributed by atoms with E-state index in [9.17, 15) is 4.79 Å². The molecular formula is C13H19NO4. The summed E-state index contributed by atoms with van der Waals surface area (Å²) in [4.78, 5) is 15.4. The van der Waals surface area contributed by atoms with Crippen molar-refractivity contribution < 1.29 is 19.0 Å². The summed E-state index contributed by atoms with van der Waals surface area (Å²) in [5.74, 6) is 0.669. The molecule has 100 valence electrons. The molecule has 1 heterocycles. The van der Waals surface area contributed by atoms with Crippen LogP contribution in [-0.2, 0) is 9.47 Å². The van der Waals surface area contributed by atoms with Crippen LogP contribution in [0.3, 0.4) is 0 Å². The molecule has 1 aromatic heterocycles. The maximum Gasteiger partial charge on any atom is 0.180 e. The molecule has 1 rings (SSSR count). The van der Waals surface area contributed by atoms with Gasteiger partial charge in [-0.15, -0.1) is 0 Å². The first-order valence-electron chi connectivity index (χ1n) is 5.96. The van der Waals surface area contributed by atoms with Crippen molar-refractivity contribution in [2.45, 2.75) is 13.3 Å². The topological polar surface area (TPSA) is 57.7 Å². The molecule has 0 aliphatic carbocycles. The molecule has 0 fully saturated rings. The molecular weight excluding hydrogens is 234 g/mol. The van der Waals surface area contributed by atoms with Crippen LogP contribution in [0.4, 0.5) is 0 Å². The van der Waals surface area contributed by atoms with E-state index < -0.39 is 0 Å². The Morgan fingerprint density at radius 1 is 1.22 bits per heavy atom. The molecule has 0 saturated heterocycles. The lowest BCUT2D eigenvalue weighted by Crippen LogP contribution is -2.10. The second-order valence-corrected chi connectivity index (χ2v) is 3.61. The number of aromatic nitrogens is 1. The van der Waals surface area contributed by atoms with E-state index in [1.54, 1.807) is 25.4 Å². The average molecular weight is 253 g/mol. The van der Waals surface area contributed by atoms with E-state index in [-0.39, 0.29) is 5.78 Å². The van der Waals surface area contributed by atoms with Crippen molar-refractivity contribution in [2.24, 2.45) is 0 Å². The second-order valence-electron chi connectivity index (χ2n) is 3.61. The van der Waals surface area contributed by atoms with Crippen LogP contribution in [0.2, 0.25) is 0 Å². The van der Waals surface area contributed by atoms with Gasteiger partial charge in [0.15, 0.2) is 5.78 Å². The summed E-state index contributed by atoms with van der Waals surface area (Å²) in [6, 6.07) is 3.41. The van der Waals surface area contributed by atoms with Gasteiger partial charge >= 0.3 is 0 Å². The highest BCUT2D eigenvalue weighted by Gasteiger charge is 2.04. The fraction of sp³-hybridized carbons (Fsp3) is 0.538. The predicted octanol–water partition coefficient (Wildman–Crippen LogP) is 1.72. The maximum atomic E-state index is 11.4. The van der Waals surface area contributed by atoms with Crippen molar-refractivity contribution in [3.05, 3.63) is 24.0 Å². The standard InChI is InChI=1S/C13H19NO4/c1-3-13(15)12-5-4-11(10-14-12)18-9-8-17-7-6-16-2/h4-5,10H,3,6-9H2,1-2H3. The normalized spacial score (nSPS) is 10.3. The van der Waals surface area contributed by atoms with E-state index >= 15 is 0 Å². The zero-order chi connectivity index (χ0) is 13.2. The van der Waals surface area contributed by atoms with Crippen molar-refractivity contribution in [3.63, 3.8) is 0 Å². The number of nitrogens with zero attached hydrogens (tertiary/aromatic N) is 1. The van der Waals surface area contributed by atoms with E-state index in [1.807, 2.05) is 6.92 Å². The Balaban J connectivity index is 2.25. The molecule has 5 nitrogen and oxygen atoms in total. The van der Waals surface area contributed by atoms with Crippen LogP contribution in [0.5, 0.6) is 5.75 Å². The highest BCUT2D eigenvalue weighted by Crippen LogP contribution is 2.10. The number of Topliss-reactive ketones (excluding diaryl/α,β-unsaturated/α-hetero) is 1. The van der Waals surface area contributed by atoms with Gasteiger partial charge in [0, 0.05) is 13.5 Å². The lowest BCUT2D eigenvalue weighted by atomic mass is 10.2. The minimum atomic E-state index is 0.0319. The minimum absolute atomic E-state index is 0.0319. The number of ketones is 1. The molecule has 0 spiro atoms. The predicted molar refractivity (Wildman–Crippen MR) is 67.0 cm³/mol. The number of carbonyl (C=O) groups excluding carboxylic acids is 1. The zero-order valence-corrected chi connectivity index (χ0v) is 10.8. The second kappa shape index (κ2) is 8.60. The number of carbonyl (C=O) groups is 1. The molecule has 0 aliphatic rings. The number of hydrogen-bond donors (Lipinski definition) is 0. The molecule has 0 aromatic carbocycles. The number of hydrogen-bond acceptors (Lipinski definition) is 5. The van der Waals surface area contributed by atoms with Gasteiger partial charge in [-0.3, -0.25) is 4.79 Å². The van der Waals surface area contributed by atoms with Crippen molar-refractivity contribution in [3.8, 4) is 5.75 Å². The highest BCUT2D eigenvalue weighted by atomic mass is 16.5. The van der Waals surface area contributed by atoms with Crippen LogP contribution in [0.25, 0.3) is 0 Å². The summed E-state index contributed by atoms with van der Waals surface area (Å²) in [6.45, 7) is 3.90. The van der Waals surface area contributed by atoms with Crippen LogP contribution in [0.15, 0.2) is 18.3 Å². The van der Waals surface area contributed by atoms with Gasteiger partial charge < -0.3 is 14.2 Å². The molecule has 0 radical (unpaired) electrons. The molecule has 0 aliphatic heterocycles. The average Bonchev–Trinajstić information content (AvgIpc) is 2.42. The van der Waals surface area contributed by atoms with Crippen molar-refractivity contribution in [1.29, 1.82) is 0 Å². The monoisotopic (exact) mass is 253 g/mol. The van der Waals surface area contributed by atoms with Gasteiger partial charge in [-0.2, -0.15) is 0 Å². The third-order valence-corrected chi connectivity index (χ3v) is 2.27. The summed E-state index contributed by atoms with van der Waals surface area (Å²) in [5, 5.41) is 0. The van der Waals surface area contributed by atoms with Crippen LogP contribution in [0.1, 0.15) is 23.8 Å². The third kappa shape index (κ3) is 5.25. The lowest BCUT2D eigenvalue weighted by molar-refractivity contribution is 0.0543. The first-order chi connectivity index (χ1) is 8.77. The first kappa shape index (κ1) is 14.6. The number of ether oxygens (including phenoxy) is 3. The van der Waals surface area contributed by atoms with Gasteiger partial charge in [0.25, 0.3) is 0 Å². The molecule has 5 heteroatoms. The Kier molecular flexibility index (Phi) is 6.98. The molecule has 0 bridgehead atoms. The van der Waals surface area contributed by atoms with E-state index in [0.717, 1.165) is 0 Å². The van der Waals surface area contributed by atoms with Crippen molar-refractivity contribution in [2.75, 3.05) is 33.5 Å². The van der Waals surface area contributed by atoms with E-state index in [0.29, 0.717) is 44.3 Å². The van der Waals surface area contributed by atoms with Gasteiger partial charge in [-0.25, -0.2) is 4.98 Å². The van der Waals surface area contributed by atoms with Gasteiger partial charge in [0.05, 0.1) is 26.0 Å². The zero-order valence-electron chi connectivity index (χ0n) is 10.8. The first-order valence-corrected chi connectivity index (χ1v) is 5.96. The highest BCUT2D eigenvalue weighted by molar-refractivity contribution is 5.93. The molecule has 0 N–H and O–H groups in total. The summed E-state index contributed by atoms with van der Waals surface area (Å²) in [6.07, 6.45) is 2.01. The Hall–Kier alpha value is -1.46. The van der Waals surface area contributed by atoms with Gasteiger partial charge in [-0.05, 0) is 12.1 Å².